The van der Waals surface area contributed by atoms with Gasteiger partial charge in [0.05, 0.1) is 0 Å². The molecule has 5 heteroatoms. The van der Waals surface area contributed by atoms with E-state index in [4.69, 9.17) is 23.1 Å². The molecule has 0 aliphatic carbocycles. The molecule has 0 radical (unpaired) electrons. The van der Waals surface area contributed by atoms with Crippen LogP contribution >= 0.6 is 11.6 Å². The van der Waals surface area contributed by atoms with E-state index in [2.05, 4.69) is 9.97 Å². The maximum absolute atomic E-state index is 5.91. The van der Waals surface area contributed by atoms with Gasteiger partial charge in [0.1, 0.15) is 5.82 Å². The molecule has 0 spiro atoms. The topological polar surface area (TPSA) is 77.8 Å². The van der Waals surface area contributed by atoms with Crippen molar-refractivity contribution < 1.29 is 0 Å². The van der Waals surface area contributed by atoms with E-state index in [-0.39, 0.29) is 5.95 Å². The maximum Gasteiger partial charge on any atom is 0.221 e. The Kier molecular flexibility index (Phi) is 3.44. The zero-order chi connectivity index (χ0) is 12.3. The van der Waals surface area contributed by atoms with E-state index in [1.807, 2.05) is 24.3 Å². The lowest BCUT2D eigenvalue weighted by Gasteiger charge is -2.05. The summed E-state index contributed by atoms with van der Waals surface area (Å²) >= 11 is 5.91. The third-order valence-corrected chi connectivity index (χ3v) is 2.72. The predicted octanol–water partition coefficient (Wildman–Crippen LogP) is 2.08. The van der Waals surface area contributed by atoms with Crippen LogP contribution in [0.5, 0.6) is 0 Å². The molecule has 1 aromatic carbocycles. The Labute approximate surface area is 105 Å². The third-order valence-electron chi connectivity index (χ3n) is 2.49. The molecule has 0 saturated heterocycles. The van der Waals surface area contributed by atoms with Crippen LogP contribution in [0.4, 0.5) is 11.8 Å². The van der Waals surface area contributed by atoms with Gasteiger partial charge in [0.25, 0.3) is 0 Å². The lowest BCUT2D eigenvalue weighted by molar-refractivity contribution is 0.941. The zero-order valence-electron chi connectivity index (χ0n) is 9.23. The first-order valence-corrected chi connectivity index (χ1v) is 5.64. The Morgan fingerprint density at radius 2 is 2.00 bits per heavy atom. The van der Waals surface area contributed by atoms with Gasteiger partial charge in [-0.1, -0.05) is 23.7 Å². The fourth-order valence-corrected chi connectivity index (χ4v) is 1.81. The molecule has 0 bridgehead atoms. The van der Waals surface area contributed by atoms with Gasteiger partial charge < -0.3 is 11.5 Å². The van der Waals surface area contributed by atoms with Crippen LogP contribution in [-0.4, -0.2) is 9.97 Å². The number of benzene rings is 1. The predicted molar refractivity (Wildman–Crippen MR) is 69.7 cm³/mol. The van der Waals surface area contributed by atoms with Crippen molar-refractivity contribution in [1.82, 2.24) is 9.97 Å². The Morgan fingerprint density at radius 1 is 1.18 bits per heavy atom. The van der Waals surface area contributed by atoms with Gasteiger partial charge in [0, 0.05) is 16.8 Å². The summed E-state index contributed by atoms with van der Waals surface area (Å²) in [6.45, 7) is 0. The molecule has 0 saturated carbocycles. The molecule has 1 aromatic heterocycles. The fourth-order valence-electron chi connectivity index (χ4n) is 1.60. The van der Waals surface area contributed by atoms with E-state index in [0.29, 0.717) is 5.82 Å². The summed E-state index contributed by atoms with van der Waals surface area (Å²) in [5, 5.41) is 0.740. The minimum Gasteiger partial charge on any atom is -0.383 e. The van der Waals surface area contributed by atoms with E-state index in [9.17, 15) is 0 Å². The number of hydrogen-bond donors (Lipinski definition) is 2. The van der Waals surface area contributed by atoms with E-state index in [1.165, 1.54) is 0 Å². The average Bonchev–Trinajstić information content (AvgIpc) is 2.28. The van der Waals surface area contributed by atoms with Crippen LogP contribution < -0.4 is 11.5 Å². The molecule has 2 rings (SSSR count). The largest absolute Gasteiger partial charge is 0.383 e. The van der Waals surface area contributed by atoms with Crippen molar-refractivity contribution >= 4 is 23.4 Å². The zero-order valence-corrected chi connectivity index (χ0v) is 9.98. The normalized spacial score (nSPS) is 10.4. The summed E-state index contributed by atoms with van der Waals surface area (Å²) in [4.78, 5) is 7.85. The van der Waals surface area contributed by atoms with Gasteiger partial charge in [-0.15, -0.1) is 0 Å². The molecule has 17 heavy (non-hydrogen) atoms. The highest BCUT2D eigenvalue weighted by Crippen LogP contribution is 2.15. The monoisotopic (exact) mass is 248 g/mol. The Morgan fingerprint density at radius 3 is 2.71 bits per heavy atom. The molecule has 4 nitrogen and oxygen atoms in total. The van der Waals surface area contributed by atoms with Crippen molar-refractivity contribution in [2.75, 3.05) is 11.5 Å². The number of hydrogen-bond acceptors (Lipinski definition) is 4. The third kappa shape index (κ3) is 3.07. The number of nitrogens with two attached hydrogens (primary N) is 2. The first-order chi connectivity index (χ1) is 8.15. The minimum atomic E-state index is 0.203. The van der Waals surface area contributed by atoms with Crippen LogP contribution in [-0.2, 0) is 12.8 Å². The second-order valence-electron chi connectivity index (χ2n) is 3.77. The highest BCUT2D eigenvalue weighted by Gasteiger charge is 2.03. The summed E-state index contributed by atoms with van der Waals surface area (Å²) in [6.07, 6.45) is 3.28. The molecule has 0 atom stereocenters. The lowest BCUT2D eigenvalue weighted by Crippen LogP contribution is -2.04. The van der Waals surface area contributed by atoms with Gasteiger partial charge in [0.15, 0.2) is 0 Å². The van der Waals surface area contributed by atoms with Crippen molar-refractivity contribution in [3.05, 3.63) is 46.6 Å². The van der Waals surface area contributed by atoms with Crippen LogP contribution in [0.2, 0.25) is 5.02 Å². The molecule has 1 heterocycles. The van der Waals surface area contributed by atoms with Crippen molar-refractivity contribution in [3.63, 3.8) is 0 Å². The van der Waals surface area contributed by atoms with Crippen molar-refractivity contribution in [2.24, 2.45) is 0 Å². The van der Waals surface area contributed by atoms with Crippen LogP contribution in [0.25, 0.3) is 0 Å². The van der Waals surface area contributed by atoms with Crippen molar-refractivity contribution in [2.45, 2.75) is 12.8 Å². The fraction of sp³-hybridized carbons (Fsp3) is 0.167. The molecule has 2 aromatic rings. The van der Waals surface area contributed by atoms with Gasteiger partial charge in [-0.3, -0.25) is 0 Å². The first kappa shape index (κ1) is 11.7. The highest BCUT2D eigenvalue weighted by atomic mass is 35.5. The quantitative estimate of drug-likeness (QED) is 0.872. The SMILES string of the molecule is Nc1ncc(CCc2cccc(Cl)c2)c(N)n1. The van der Waals surface area contributed by atoms with Gasteiger partial charge in [0.2, 0.25) is 5.95 Å². The van der Waals surface area contributed by atoms with Gasteiger partial charge in [-0.25, -0.2) is 4.98 Å². The van der Waals surface area contributed by atoms with Gasteiger partial charge >= 0.3 is 0 Å². The molecule has 0 aliphatic heterocycles. The minimum absolute atomic E-state index is 0.203. The Bertz CT molecular complexity index is 528. The van der Waals surface area contributed by atoms with Gasteiger partial charge in [-0.2, -0.15) is 4.98 Å². The molecule has 88 valence electrons. The molecule has 4 N–H and O–H groups in total. The van der Waals surface area contributed by atoms with E-state index in [0.717, 1.165) is 29.0 Å². The number of nitrogens with zero attached hydrogens (tertiary/aromatic N) is 2. The second-order valence-corrected chi connectivity index (χ2v) is 4.21. The second kappa shape index (κ2) is 5.01. The number of nitrogen functional groups attached to an aromatic ring is 2. The molecular weight excluding hydrogens is 236 g/mol. The van der Waals surface area contributed by atoms with Crippen molar-refractivity contribution in [1.29, 1.82) is 0 Å². The molecular formula is C12H13ClN4. The smallest absolute Gasteiger partial charge is 0.221 e. The molecule has 0 unspecified atom stereocenters. The number of aryl methyl sites for hydroxylation is 2. The van der Waals surface area contributed by atoms with E-state index < -0.39 is 0 Å². The van der Waals surface area contributed by atoms with Crippen LogP contribution in [0, 0.1) is 0 Å². The highest BCUT2D eigenvalue weighted by molar-refractivity contribution is 6.30. The summed E-state index contributed by atoms with van der Waals surface area (Å²) < 4.78 is 0. The summed E-state index contributed by atoms with van der Waals surface area (Å²) in [6, 6.07) is 7.75. The van der Waals surface area contributed by atoms with Crippen molar-refractivity contribution in [3.8, 4) is 0 Å². The number of halogens is 1. The molecule has 0 aliphatic rings. The number of aromatic nitrogens is 2. The van der Waals surface area contributed by atoms with Crippen LogP contribution in [0.1, 0.15) is 11.1 Å². The number of rotatable bonds is 3. The Balaban J connectivity index is 2.07. The molecule has 0 fully saturated rings. The van der Waals surface area contributed by atoms with Gasteiger partial charge in [-0.05, 0) is 30.5 Å². The standard InChI is InChI=1S/C12H13ClN4/c13-10-3-1-2-8(6-10)4-5-9-7-16-12(15)17-11(9)14/h1-3,6-7H,4-5H2,(H4,14,15,16,17). The average molecular weight is 249 g/mol. The first-order valence-electron chi connectivity index (χ1n) is 5.26. The van der Waals surface area contributed by atoms with E-state index in [1.54, 1.807) is 6.20 Å². The van der Waals surface area contributed by atoms with Crippen LogP contribution in [0.3, 0.4) is 0 Å². The van der Waals surface area contributed by atoms with E-state index >= 15 is 0 Å². The molecule has 0 amide bonds. The summed E-state index contributed by atoms with van der Waals surface area (Å²) in [7, 11) is 0. The summed E-state index contributed by atoms with van der Waals surface area (Å²) in [5.74, 6) is 0.647. The van der Waals surface area contributed by atoms with Crippen LogP contribution in [0.15, 0.2) is 30.5 Å². The summed E-state index contributed by atoms with van der Waals surface area (Å²) in [5.41, 5.74) is 13.3. The Hall–Kier alpha value is -1.81. The maximum atomic E-state index is 5.91. The lowest BCUT2D eigenvalue weighted by atomic mass is 10.1. The number of anilines is 2.